The number of carbonyl (C=O) groups excluding carboxylic acids is 2. The van der Waals surface area contributed by atoms with E-state index in [-0.39, 0.29) is 23.9 Å². The van der Waals surface area contributed by atoms with Crippen LogP contribution in [-0.2, 0) is 4.79 Å². The molecule has 31 heavy (non-hydrogen) atoms. The molecule has 2 unspecified atom stereocenters. The minimum atomic E-state index is -0.135. The number of para-hydroxylation sites is 2. The normalized spacial score (nSPS) is 17.7. The van der Waals surface area contributed by atoms with Crippen molar-refractivity contribution in [3.63, 3.8) is 0 Å². The first-order valence-corrected chi connectivity index (χ1v) is 10.7. The Morgan fingerprint density at radius 1 is 1.06 bits per heavy atom. The largest absolute Gasteiger partial charge is 0.305 e. The van der Waals surface area contributed by atoms with Crippen LogP contribution in [0.3, 0.4) is 0 Å². The molecule has 0 fully saturated rings. The number of amides is 2. The Hall–Kier alpha value is -3.47. The van der Waals surface area contributed by atoms with Crippen molar-refractivity contribution in [2.45, 2.75) is 45.7 Å². The van der Waals surface area contributed by atoms with E-state index in [1.54, 1.807) is 12.3 Å². The van der Waals surface area contributed by atoms with Crippen molar-refractivity contribution in [2.24, 2.45) is 0 Å². The van der Waals surface area contributed by atoms with Crippen molar-refractivity contribution in [2.75, 3.05) is 9.80 Å². The van der Waals surface area contributed by atoms with E-state index in [9.17, 15) is 9.59 Å². The number of aryl methyl sites for hydroxylation is 1. The molecule has 0 N–H and O–H groups in total. The molecule has 0 radical (unpaired) electrons. The molecule has 1 aromatic heterocycles. The first-order valence-electron chi connectivity index (χ1n) is 10.7. The zero-order chi connectivity index (χ0) is 22.0. The van der Waals surface area contributed by atoms with Crippen molar-refractivity contribution in [3.8, 4) is 0 Å². The average Bonchev–Trinajstić information content (AvgIpc) is 2.79. The van der Waals surface area contributed by atoms with Gasteiger partial charge < -0.3 is 9.80 Å². The minimum Gasteiger partial charge on any atom is -0.305 e. The molecule has 3 aromatic rings. The van der Waals surface area contributed by atoms with Crippen LogP contribution in [0.2, 0.25) is 0 Å². The van der Waals surface area contributed by atoms with Crippen LogP contribution < -0.4 is 9.80 Å². The van der Waals surface area contributed by atoms with Crippen molar-refractivity contribution in [1.82, 2.24) is 4.98 Å². The first-order chi connectivity index (χ1) is 15.0. The molecule has 2 heterocycles. The summed E-state index contributed by atoms with van der Waals surface area (Å²) in [5, 5.41) is 0. The van der Waals surface area contributed by atoms with E-state index >= 15 is 0 Å². The molecule has 1 aliphatic rings. The molecule has 158 valence electrons. The summed E-state index contributed by atoms with van der Waals surface area (Å²) >= 11 is 0. The van der Waals surface area contributed by atoms with Gasteiger partial charge in [-0.25, -0.2) is 0 Å². The lowest BCUT2D eigenvalue weighted by Crippen LogP contribution is -2.47. The lowest BCUT2D eigenvalue weighted by molar-refractivity contribution is -0.118. The van der Waals surface area contributed by atoms with Gasteiger partial charge in [0, 0.05) is 41.3 Å². The number of hydrogen-bond donors (Lipinski definition) is 0. The van der Waals surface area contributed by atoms with Gasteiger partial charge in [-0.1, -0.05) is 43.3 Å². The topological polar surface area (TPSA) is 53.5 Å². The van der Waals surface area contributed by atoms with E-state index in [0.29, 0.717) is 18.4 Å². The number of pyridine rings is 1. The quantitative estimate of drug-likeness (QED) is 0.582. The molecule has 0 aliphatic carbocycles. The average molecular weight is 414 g/mol. The lowest BCUT2D eigenvalue weighted by Gasteiger charge is -2.43. The highest BCUT2D eigenvalue weighted by Crippen LogP contribution is 2.42. The van der Waals surface area contributed by atoms with E-state index in [1.165, 1.54) is 0 Å². The summed E-state index contributed by atoms with van der Waals surface area (Å²) in [5.74, 6) is 0.0275. The summed E-state index contributed by atoms with van der Waals surface area (Å²) in [6.45, 7) is 5.82. The van der Waals surface area contributed by atoms with E-state index in [4.69, 9.17) is 0 Å². The van der Waals surface area contributed by atoms with Gasteiger partial charge in [0.2, 0.25) is 5.91 Å². The summed E-state index contributed by atoms with van der Waals surface area (Å²) in [6.07, 6.45) is 2.75. The maximum absolute atomic E-state index is 13.5. The van der Waals surface area contributed by atoms with Gasteiger partial charge in [0.15, 0.2) is 0 Å². The number of rotatable bonds is 4. The molecule has 0 saturated heterocycles. The van der Waals surface area contributed by atoms with Gasteiger partial charge in [0.05, 0.1) is 6.04 Å². The van der Waals surface area contributed by atoms with Crippen molar-refractivity contribution in [3.05, 3.63) is 89.7 Å². The van der Waals surface area contributed by atoms with Gasteiger partial charge in [-0.05, 0) is 56.2 Å². The summed E-state index contributed by atoms with van der Waals surface area (Å²) in [4.78, 5) is 34.5. The van der Waals surface area contributed by atoms with Gasteiger partial charge >= 0.3 is 0 Å². The first kappa shape index (κ1) is 20.8. The van der Waals surface area contributed by atoms with Crippen LogP contribution in [0.25, 0.3) is 0 Å². The summed E-state index contributed by atoms with van der Waals surface area (Å²) < 4.78 is 0. The standard InChI is InChI=1S/C26H27N3O2/c1-4-25(30)29(21-10-6-5-7-11-21)24-17-19(3)28(23-13-9-8-12-22(23)24)26(31)20-14-15-27-18(2)16-20/h5-16,19,24H,4,17H2,1-3H3. The van der Waals surface area contributed by atoms with E-state index in [2.05, 4.69) is 11.9 Å². The van der Waals surface area contributed by atoms with Crippen LogP contribution in [0.15, 0.2) is 72.9 Å². The fourth-order valence-corrected chi connectivity index (χ4v) is 4.41. The molecule has 1 aliphatic heterocycles. The van der Waals surface area contributed by atoms with E-state index in [1.807, 2.05) is 84.3 Å². The molecule has 0 saturated carbocycles. The van der Waals surface area contributed by atoms with Crippen LogP contribution in [0, 0.1) is 6.92 Å². The van der Waals surface area contributed by atoms with Gasteiger partial charge in [0.1, 0.15) is 0 Å². The van der Waals surface area contributed by atoms with E-state index in [0.717, 1.165) is 22.6 Å². The SMILES string of the molecule is CCC(=O)N(c1ccccc1)C1CC(C)N(C(=O)c2ccnc(C)c2)c2ccccc21. The van der Waals surface area contributed by atoms with Crippen LogP contribution in [-0.4, -0.2) is 22.8 Å². The molecule has 0 spiro atoms. The van der Waals surface area contributed by atoms with Gasteiger partial charge in [-0.3, -0.25) is 14.6 Å². The Balaban J connectivity index is 1.79. The second-order valence-corrected chi connectivity index (χ2v) is 7.97. The number of carbonyl (C=O) groups is 2. The predicted molar refractivity (Wildman–Crippen MR) is 123 cm³/mol. The highest BCUT2D eigenvalue weighted by molar-refractivity contribution is 6.07. The molecule has 0 bridgehead atoms. The molecular weight excluding hydrogens is 386 g/mol. The third kappa shape index (κ3) is 3.96. The molecule has 2 aromatic carbocycles. The smallest absolute Gasteiger partial charge is 0.258 e. The van der Waals surface area contributed by atoms with Crippen molar-refractivity contribution >= 4 is 23.2 Å². The van der Waals surface area contributed by atoms with Gasteiger partial charge in [-0.15, -0.1) is 0 Å². The number of benzene rings is 2. The fourth-order valence-electron chi connectivity index (χ4n) is 4.41. The highest BCUT2D eigenvalue weighted by atomic mass is 16.2. The number of fused-ring (bicyclic) bond motifs is 1. The fraction of sp³-hybridized carbons (Fsp3) is 0.269. The highest BCUT2D eigenvalue weighted by Gasteiger charge is 2.38. The van der Waals surface area contributed by atoms with Crippen LogP contribution in [0.1, 0.15) is 54.3 Å². The van der Waals surface area contributed by atoms with Crippen LogP contribution in [0.5, 0.6) is 0 Å². The number of hydrogen-bond acceptors (Lipinski definition) is 3. The second-order valence-electron chi connectivity index (χ2n) is 7.97. The van der Waals surface area contributed by atoms with Crippen molar-refractivity contribution in [1.29, 1.82) is 0 Å². The predicted octanol–water partition coefficient (Wildman–Crippen LogP) is 5.31. The van der Waals surface area contributed by atoms with Crippen LogP contribution in [0.4, 0.5) is 11.4 Å². The molecule has 2 amide bonds. The Kier molecular flexibility index (Phi) is 5.85. The third-order valence-electron chi connectivity index (χ3n) is 5.84. The molecule has 2 atom stereocenters. The maximum atomic E-state index is 13.5. The Morgan fingerprint density at radius 3 is 2.48 bits per heavy atom. The number of aromatic nitrogens is 1. The zero-order valence-electron chi connectivity index (χ0n) is 18.2. The molecule has 5 nitrogen and oxygen atoms in total. The Labute approximate surface area is 183 Å². The summed E-state index contributed by atoms with van der Waals surface area (Å²) in [7, 11) is 0. The number of anilines is 2. The van der Waals surface area contributed by atoms with Gasteiger partial charge in [-0.2, -0.15) is 0 Å². The monoisotopic (exact) mass is 413 g/mol. The lowest BCUT2D eigenvalue weighted by atomic mass is 9.89. The molecular formula is C26H27N3O2. The zero-order valence-corrected chi connectivity index (χ0v) is 18.2. The van der Waals surface area contributed by atoms with Crippen LogP contribution >= 0.6 is 0 Å². The Morgan fingerprint density at radius 2 is 1.77 bits per heavy atom. The minimum absolute atomic E-state index is 0.0445. The molecule has 5 heteroatoms. The third-order valence-corrected chi connectivity index (χ3v) is 5.84. The van der Waals surface area contributed by atoms with Gasteiger partial charge in [0.25, 0.3) is 5.91 Å². The summed E-state index contributed by atoms with van der Waals surface area (Å²) in [5.41, 5.74) is 4.16. The van der Waals surface area contributed by atoms with E-state index < -0.39 is 0 Å². The number of nitrogens with zero attached hydrogens (tertiary/aromatic N) is 3. The maximum Gasteiger partial charge on any atom is 0.258 e. The molecule has 4 rings (SSSR count). The second kappa shape index (κ2) is 8.72. The summed E-state index contributed by atoms with van der Waals surface area (Å²) in [6, 6.07) is 21.1. The van der Waals surface area contributed by atoms with Crippen molar-refractivity contribution < 1.29 is 9.59 Å². The Bertz CT molecular complexity index is 1100.